The fourth-order valence-electron chi connectivity index (χ4n) is 5.24. The fraction of sp³-hybridized carbons (Fsp3) is 0.357. The molecular formula is C28H31N3O2. The van der Waals surface area contributed by atoms with Gasteiger partial charge >= 0.3 is 0 Å². The predicted molar refractivity (Wildman–Crippen MR) is 130 cm³/mol. The van der Waals surface area contributed by atoms with Gasteiger partial charge in [0.15, 0.2) is 0 Å². The van der Waals surface area contributed by atoms with Crippen LogP contribution in [0.2, 0.25) is 0 Å². The molecule has 5 heteroatoms. The molecule has 0 bridgehead atoms. The van der Waals surface area contributed by atoms with Gasteiger partial charge in [-0.3, -0.25) is 9.59 Å². The number of carbonyl (C=O) groups is 2. The van der Waals surface area contributed by atoms with E-state index in [0.717, 1.165) is 42.5 Å². The Morgan fingerprint density at radius 2 is 1.55 bits per heavy atom. The van der Waals surface area contributed by atoms with Crippen LogP contribution in [0.25, 0.3) is 11.3 Å². The smallest absolute Gasteiger partial charge is 0.271 e. The summed E-state index contributed by atoms with van der Waals surface area (Å²) in [6, 6.07) is 24.1. The minimum atomic E-state index is -0.986. The summed E-state index contributed by atoms with van der Waals surface area (Å²) in [6.07, 6.45) is 5.55. The SMILES string of the molecule is C[C@@]1(C(=O)NC2CCCCC2)Cn2c(ccc2-c2ccccc2)C(=O)N1Cc1ccccc1. The standard InChI is InChI=1S/C28H31N3O2/c1-28(27(33)29-23-15-9-4-10-16-23)20-30-24(22-13-7-3-8-14-22)17-18-25(30)26(32)31(28)19-21-11-5-2-6-12-21/h2-3,5-8,11-14,17-18,23H,4,9-10,15-16,19-20H2,1H3,(H,29,33)/t28-/m0/s1. The predicted octanol–water partition coefficient (Wildman–Crippen LogP) is 5.02. The summed E-state index contributed by atoms with van der Waals surface area (Å²) in [4.78, 5) is 29.4. The maximum absolute atomic E-state index is 13.8. The zero-order valence-electron chi connectivity index (χ0n) is 19.2. The van der Waals surface area contributed by atoms with Gasteiger partial charge in [0.05, 0.1) is 6.54 Å². The Hall–Kier alpha value is -3.34. The van der Waals surface area contributed by atoms with Crippen LogP contribution in [-0.4, -0.2) is 32.9 Å². The Balaban J connectivity index is 1.53. The molecule has 0 unspecified atom stereocenters. The zero-order valence-corrected chi connectivity index (χ0v) is 19.2. The van der Waals surface area contributed by atoms with Crippen molar-refractivity contribution in [2.45, 2.75) is 63.7 Å². The number of nitrogens with one attached hydrogen (secondary N) is 1. The first-order chi connectivity index (χ1) is 16.1. The normalized spacial score (nSPS) is 21.0. The topological polar surface area (TPSA) is 54.3 Å². The van der Waals surface area contributed by atoms with Crippen molar-refractivity contribution in [3.63, 3.8) is 0 Å². The number of benzene rings is 2. The average Bonchev–Trinajstić information content (AvgIpc) is 3.27. The molecule has 2 aromatic carbocycles. The number of aromatic nitrogens is 1. The maximum atomic E-state index is 13.8. The van der Waals surface area contributed by atoms with Crippen molar-refractivity contribution in [2.24, 2.45) is 0 Å². The van der Waals surface area contributed by atoms with E-state index >= 15 is 0 Å². The van der Waals surface area contributed by atoms with Gasteiger partial charge < -0.3 is 14.8 Å². The molecule has 1 aromatic heterocycles. The van der Waals surface area contributed by atoms with Crippen molar-refractivity contribution < 1.29 is 9.59 Å². The molecule has 2 heterocycles. The van der Waals surface area contributed by atoms with Crippen molar-refractivity contribution in [1.82, 2.24) is 14.8 Å². The maximum Gasteiger partial charge on any atom is 0.271 e. The van der Waals surface area contributed by atoms with Crippen LogP contribution in [0.1, 0.15) is 55.1 Å². The lowest BCUT2D eigenvalue weighted by Crippen LogP contribution is -2.64. The second-order valence-electron chi connectivity index (χ2n) is 9.52. The molecule has 5 nitrogen and oxygen atoms in total. The lowest BCUT2D eigenvalue weighted by molar-refractivity contribution is -0.134. The van der Waals surface area contributed by atoms with E-state index in [1.54, 1.807) is 4.90 Å². The lowest BCUT2D eigenvalue weighted by atomic mass is 9.91. The van der Waals surface area contributed by atoms with Gasteiger partial charge in [0.25, 0.3) is 5.91 Å². The first kappa shape index (κ1) is 21.5. The molecule has 3 aromatic rings. The molecule has 1 aliphatic carbocycles. The minimum Gasteiger partial charge on any atom is -0.351 e. The number of amides is 2. The van der Waals surface area contributed by atoms with E-state index in [2.05, 4.69) is 5.32 Å². The van der Waals surface area contributed by atoms with Gasteiger partial charge in [-0.05, 0) is 43.0 Å². The Morgan fingerprint density at radius 1 is 0.909 bits per heavy atom. The largest absolute Gasteiger partial charge is 0.351 e. The molecule has 0 radical (unpaired) electrons. The van der Waals surface area contributed by atoms with Gasteiger partial charge in [-0.2, -0.15) is 0 Å². The van der Waals surface area contributed by atoms with Gasteiger partial charge in [-0.15, -0.1) is 0 Å². The highest BCUT2D eigenvalue weighted by molar-refractivity contribution is 6.00. The summed E-state index contributed by atoms with van der Waals surface area (Å²) < 4.78 is 2.03. The average molecular weight is 442 g/mol. The third-order valence-corrected chi connectivity index (χ3v) is 7.19. The summed E-state index contributed by atoms with van der Waals surface area (Å²) in [5, 5.41) is 3.30. The van der Waals surface area contributed by atoms with E-state index in [9.17, 15) is 9.59 Å². The molecular weight excluding hydrogens is 410 g/mol. The monoisotopic (exact) mass is 441 g/mol. The van der Waals surface area contributed by atoms with Crippen molar-refractivity contribution >= 4 is 11.8 Å². The van der Waals surface area contributed by atoms with Crippen LogP contribution in [0, 0.1) is 0 Å². The van der Waals surface area contributed by atoms with Crippen LogP contribution in [0.15, 0.2) is 72.8 Å². The lowest BCUT2D eigenvalue weighted by Gasteiger charge is -2.45. The molecule has 1 fully saturated rings. The highest BCUT2D eigenvalue weighted by Gasteiger charge is 2.48. The molecule has 2 aliphatic rings. The van der Waals surface area contributed by atoms with E-state index < -0.39 is 5.54 Å². The number of hydrogen-bond donors (Lipinski definition) is 1. The van der Waals surface area contributed by atoms with Gasteiger partial charge in [0.2, 0.25) is 5.91 Å². The van der Waals surface area contributed by atoms with Crippen LogP contribution in [-0.2, 0) is 17.9 Å². The van der Waals surface area contributed by atoms with E-state index in [4.69, 9.17) is 0 Å². The molecule has 1 N–H and O–H groups in total. The first-order valence-corrected chi connectivity index (χ1v) is 12.0. The third-order valence-electron chi connectivity index (χ3n) is 7.19. The quantitative estimate of drug-likeness (QED) is 0.605. The van der Waals surface area contributed by atoms with Gasteiger partial charge in [-0.25, -0.2) is 0 Å². The van der Waals surface area contributed by atoms with E-state index in [1.807, 2.05) is 84.3 Å². The molecule has 0 spiro atoms. The molecule has 0 saturated heterocycles. The number of nitrogens with zero attached hydrogens (tertiary/aromatic N) is 2. The summed E-state index contributed by atoms with van der Waals surface area (Å²) >= 11 is 0. The Kier molecular flexibility index (Phi) is 5.79. The fourth-order valence-corrected chi connectivity index (χ4v) is 5.24. The molecule has 1 aliphatic heterocycles. The number of carbonyl (C=O) groups excluding carboxylic acids is 2. The molecule has 5 rings (SSSR count). The van der Waals surface area contributed by atoms with Crippen molar-refractivity contribution in [1.29, 1.82) is 0 Å². The molecule has 1 atom stereocenters. The Bertz CT molecular complexity index is 1130. The Morgan fingerprint density at radius 3 is 2.24 bits per heavy atom. The van der Waals surface area contributed by atoms with Gasteiger partial charge in [0, 0.05) is 18.3 Å². The van der Waals surface area contributed by atoms with Crippen LogP contribution < -0.4 is 5.32 Å². The highest BCUT2D eigenvalue weighted by Crippen LogP contribution is 2.34. The molecule has 1 saturated carbocycles. The number of fused-ring (bicyclic) bond motifs is 1. The van der Waals surface area contributed by atoms with Crippen LogP contribution in [0.3, 0.4) is 0 Å². The van der Waals surface area contributed by atoms with Crippen LogP contribution in [0.5, 0.6) is 0 Å². The first-order valence-electron chi connectivity index (χ1n) is 12.0. The molecule has 170 valence electrons. The number of hydrogen-bond acceptors (Lipinski definition) is 2. The summed E-state index contributed by atoms with van der Waals surface area (Å²) in [7, 11) is 0. The molecule has 2 amide bonds. The van der Waals surface area contributed by atoms with Gasteiger partial charge in [-0.1, -0.05) is 79.9 Å². The van der Waals surface area contributed by atoms with Crippen molar-refractivity contribution in [3.05, 3.63) is 84.1 Å². The second kappa shape index (κ2) is 8.89. The van der Waals surface area contributed by atoms with E-state index in [1.165, 1.54) is 6.42 Å². The van der Waals surface area contributed by atoms with Crippen molar-refractivity contribution in [2.75, 3.05) is 0 Å². The van der Waals surface area contributed by atoms with Crippen LogP contribution in [0.4, 0.5) is 0 Å². The van der Waals surface area contributed by atoms with Gasteiger partial charge in [0.1, 0.15) is 11.2 Å². The third kappa shape index (κ3) is 4.08. The zero-order chi connectivity index (χ0) is 22.8. The van der Waals surface area contributed by atoms with Crippen molar-refractivity contribution in [3.8, 4) is 11.3 Å². The van der Waals surface area contributed by atoms with E-state index in [-0.39, 0.29) is 17.9 Å². The highest BCUT2D eigenvalue weighted by atomic mass is 16.2. The number of rotatable bonds is 5. The summed E-state index contributed by atoms with van der Waals surface area (Å²) in [6.45, 7) is 2.75. The summed E-state index contributed by atoms with van der Waals surface area (Å²) in [5.41, 5.74) is 2.68. The summed E-state index contributed by atoms with van der Waals surface area (Å²) in [5.74, 6) is -0.161. The molecule has 33 heavy (non-hydrogen) atoms. The van der Waals surface area contributed by atoms with Crippen LogP contribution >= 0.6 is 0 Å². The second-order valence-corrected chi connectivity index (χ2v) is 9.52. The minimum absolute atomic E-state index is 0.0583. The Labute approximate surface area is 195 Å². The van der Waals surface area contributed by atoms with E-state index in [0.29, 0.717) is 18.8 Å².